The number of anilines is 1. The van der Waals surface area contributed by atoms with Crippen molar-refractivity contribution in [1.29, 1.82) is 0 Å². The molecule has 0 aliphatic rings. The van der Waals surface area contributed by atoms with Crippen molar-refractivity contribution in [3.8, 4) is 10.4 Å². The van der Waals surface area contributed by atoms with Gasteiger partial charge in [-0.2, -0.15) is 0 Å². The lowest BCUT2D eigenvalue weighted by Crippen LogP contribution is -2.20. The highest BCUT2D eigenvalue weighted by Gasteiger charge is 2.08. The summed E-state index contributed by atoms with van der Waals surface area (Å²) in [5.41, 5.74) is 1.44. The van der Waals surface area contributed by atoms with E-state index in [1.807, 2.05) is 30.3 Å². The first kappa shape index (κ1) is 20.6. The minimum atomic E-state index is -1.02. The first-order chi connectivity index (χ1) is 13.9. The van der Waals surface area contributed by atoms with Crippen LogP contribution >= 0.6 is 23.6 Å². The highest BCUT2D eigenvalue weighted by Crippen LogP contribution is 2.22. The molecule has 0 spiro atoms. The Morgan fingerprint density at radius 2 is 1.76 bits per heavy atom. The van der Waals surface area contributed by atoms with Crippen molar-refractivity contribution in [2.45, 2.75) is 19.4 Å². The molecule has 3 aromatic rings. The molecule has 148 valence electrons. The number of rotatable bonds is 7. The molecule has 8 heteroatoms. The average molecular weight is 427 g/mol. The molecule has 0 aliphatic carbocycles. The molecule has 2 aromatic carbocycles. The van der Waals surface area contributed by atoms with Crippen molar-refractivity contribution in [3.05, 3.63) is 80.5 Å². The Morgan fingerprint density at radius 1 is 1.07 bits per heavy atom. The van der Waals surface area contributed by atoms with E-state index < -0.39 is 5.97 Å². The molecule has 0 unspecified atom stereocenters. The molecule has 0 aliphatic heterocycles. The third kappa shape index (κ3) is 5.46. The van der Waals surface area contributed by atoms with Crippen LogP contribution in [0.25, 0.3) is 10.4 Å². The zero-order chi connectivity index (χ0) is 20.8. The zero-order valence-corrected chi connectivity index (χ0v) is 17.0. The van der Waals surface area contributed by atoms with Gasteiger partial charge in [-0.25, -0.2) is 4.79 Å². The number of amides is 1. The lowest BCUT2D eigenvalue weighted by molar-refractivity contribution is -0.116. The Hall–Kier alpha value is -3.10. The third-order valence-corrected chi connectivity index (χ3v) is 5.64. The van der Waals surface area contributed by atoms with Gasteiger partial charge in [0.15, 0.2) is 3.95 Å². The van der Waals surface area contributed by atoms with Crippen LogP contribution < -0.4 is 10.9 Å². The Bertz CT molecular complexity index is 1100. The summed E-state index contributed by atoms with van der Waals surface area (Å²) in [7, 11) is 0. The van der Waals surface area contributed by atoms with Gasteiger partial charge in [-0.1, -0.05) is 30.3 Å². The fraction of sp³-hybridized carbons (Fsp3) is 0.143. The number of hydrogen-bond donors (Lipinski definition) is 2. The number of carboxylic acids is 1. The molecule has 0 saturated heterocycles. The van der Waals surface area contributed by atoms with Crippen LogP contribution in [0.15, 0.2) is 65.5 Å². The number of carboxylic acid groups (broad SMARTS) is 1. The second-order valence-electron chi connectivity index (χ2n) is 6.27. The largest absolute Gasteiger partial charge is 0.478 e. The van der Waals surface area contributed by atoms with Crippen LogP contribution in [0.5, 0.6) is 0 Å². The minimum Gasteiger partial charge on any atom is -0.478 e. The van der Waals surface area contributed by atoms with Crippen LogP contribution in [0.2, 0.25) is 0 Å². The summed E-state index contributed by atoms with van der Waals surface area (Å²) >= 11 is 6.74. The van der Waals surface area contributed by atoms with Crippen molar-refractivity contribution in [1.82, 2.24) is 4.57 Å². The van der Waals surface area contributed by atoms with Crippen molar-refractivity contribution < 1.29 is 14.7 Å². The summed E-state index contributed by atoms with van der Waals surface area (Å²) in [5.74, 6) is -1.23. The van der Waals surface area contributed by atoms with Gasteiger partial charge < -0.3 is 10.4 Å². The fourth-order valence-corrected chi connectivity index (χ4v) is 4.07. The average Bonchev–Trinajstić information content (AvgIpc) is 2.71. The lowest BCUT2D eigenvalue weighted by Gasteiger charge is -2.08. The summed E-state index contributed by atoms with van der Waals surface area (Å²) < 4.78 is 1.97. The normalized spacial score (nSPS) is 10.5. The highest BCUT2D eigenvalue weighted by molar-refractivity contribution is 7.73. The maximum absolute atomic E-state index is 12.4. The van der Waals surface area contributed by atoms with E-state index >= 15 is 0 Å². The predicted molar refractivity (Wildman–Crippen MR) is 116 cm³/mol. The second-order valence-corrected chi connectivity index (χ2v) is 7.94. The Balaban J connectivity index is 1.59. The molecule has 1 heterocycles. The number of benzene rings is 2. The maximum atomic E-state index is 12.4. The lowest BCUT2D eigenvalue weighted by atomic mass is 10.2. The van der Waals surface area contributed by atoms with Gasteiger partial charge in [0.2, 0.25) is 5.91 Å². The summed E-state index contributed by atoms with van der Waals surface area (Å²) in [4.78, 5) is 36.2. The van der Waals surface area contributed by atoms with E-state index in [2.05, 4.69) is 5.32 Å². The standard InChI is InChI=1S/C21H18N2O4S2/c24-18(22-16-10-8-15(9-11-16)20(26)27)7-4-12-23-19(25)13-17(29-21(23)28)14-5-2-1-3-6-14/h1-3,5-6,8-11,13H,4,7,12H2,(H,22,24)(H,26,27). The van der Waals surface area contributed by atoms with E-state index in [0.717, 1.165) is 10.4 Å². The molecule has 0 saturated carbocycles. The number of aromatic carboxylic acids is 1. The molecular weight excluding hydrogens is 408 g/mol. The third-order valence-electron chi connectivity index (χ3n) is 4.20. The molecule has 0 atom stereocenters. The summed E-state index contributed by atoms with van der Waals surface area (Å²) in [5, 5.41) is 11.6. The van der Waals surface area contributed by atoms with Crippen molar-refractivity contribution in [3.63, 3.8) is 0 Å². The number of carbonyl (C=O) groups excluding carboxylic acids is 1. The van der Waals surface area contributed by atoms with Gasteiger partial charge in [-0.15, -0.1) is 11.3 Å². The smallest absolute Gasteiger partial charge is 0.335 e. The Kier molecular flexibility index (Phi) is 6.69. The number of hydrogen-bond acceptors (Lipinski definition) is 5. The number of aromatic nitrogens is 1. The molecule has 29 heavy (non-hydrogen) atoms. The quantitative estimate of drug-likeness (QED) is 0.546. The first-order valence-electron chi connectivity index (χ1n) is 8.87. The van der Waals surface area contributed by atoms with Gasteiger partial charge in [0.1, 0.15) is 0 Å². The summed E-state index contributed by atoms with van der Waals surface area (Å²) in [6.07, 6.45) is 0.674. The van der Waals surface area contributed by atoms with Crippen LogP contribution in [0.4, 0.5) is 5.69 Å². The van der Waals surface area contributed by atoms with E-state index in [0.29, 0.717) is 22.6 Å². The topological polar surface area (TPSA) is 88.4 Å². The van der Waals surface area contributed by atoms with E-state index in [1.165, 1.54) is 40.2 Å². The van der Waals surface area contributed by atoms with Crippen LogP contribution in [0.1, 0.15) is 23.2 Å². The van der Waals surface area contributed by atoms with Gasteiger partial charge in [0, 0.05) is 29.6 Å². The predicted octanol–water partition coefficient (Wildman–Crippen LogP) is 4.42. The van der Waals surface area contributed by atoms with E-state index in [4.69, 9.17) is 17.3 Å². The Morgan fingerprint density at radius 3 is 2.38 bits per heavy atom. The van der Waals surface area contributed by atoms with Crippen molar-refractivity contribution >= 4 is 41.1 Å². The highest BCUT2D eigenvalue weighted by atomic mass is 32.1. The van der Waals surface area contributed by atoms with E-state index in [-0.39, 0.29) is 23.5 Å². The SMILES string of the molecule is O=C(CCCn1c(=O)cc(-c2ccccc2)sc1=S)Nc1ccc(C(=O)O)cc1. The molecule has 3 rings (SSSR count). The second kappa shape index (κ2) is 9.40. The zero-order valence-electron chi connectivity index (χ0n) is 15.3. The van der Waals surface area contributed by atoms with Gasteiger partial charge >= 0.3 is 5.97 Å². The fourth-order valence-electron chi connectivity index (χ4n) is 2.72. The Labute approximate surface area is 176 Å². The van der Waals surface area contributed by atoms with Crippen LogP contribution in [0.3, 0.4) is 0 Å². The molecule has 2 N–H and O–H groups in total. The van der Waals surface area contributed by atoms with Gasteiger partial charge in [-0.3, -0.25) is 14.2 Å². The molecular formula is C21H18N2O4S2. The first-order valence-corrected chi connectivity index (χ1v) is 10.1. The molecule has 0 radical (unpaired) electrons. The molecule has 1 amide bonds. The number of nitrogens with one attached hydrogen (secondary N) is 1. The summed E-state index contributed by atoms with van der Waals surface area (Å²) in [6, 6.07) is 17.1. The maximum Gasteiger partial charge on any atom is 0.335 e. The number of carbonyl (C=O) groups is 2. The van der Waals surface area contributed by atoms with Crippen LogP contribution in [-0.4, -0.2) is 21.6 Å². The van der Waals surface area contributed by atoms with Gasteiger partial charge in [0.25, 0.3) is 5.56 Å². The van der Waals surface area contributed by atoms with Gasteiger partial charge in [0.05, 0.1) is 5.56 Å². The molecule has 6 nitrogen and oxygen atoms in total. The van der Waals surface area contributed by atoms with Crippen LogP contribution in [-0.2, 0) is 11.3 Å². The van der Waals surface area contributed by atoms with Crippen molar-refractivity contribution in [2.24, 2.45) is 0 Å². The van der Waals surface area contributed by atoms with E-state index in [9.17, 15) is 14.4 Å². The minimum absolute atomic E-state index is 0.153. The molecule has 1 aromatic heterocycles. The van der Waals surface area contributed by atoms with Crippen molar-refractivity contribution in [2.75, 3.05) is 5.32 Å². The number of nitrogens with zero attached hydrogens (tertiary/aromatic N) is 1. The molecule has 0 fully saturated rings. The van der Waals surface area contributed by atoms with E-state index in [1.54, 1.807) is 6.07 Å². The van der Waals surface area contributed by atoms with Crippen LogP contribution in [0, 0.1) is 3.95 Å². The van der Waals surface area contributed by atoms with Gasteiger partial charge in [-0.05, 0) is 48.5 Å². The molecule has 0 bridgehead atoms. The monoisotopic (exact) mass is 426 g/mol. The summed E-state index contributed by atoms with van der Waals surface area (Å²) in [6.45, 7) is 0.356.